The molecule has 0 saturated carbocycles. The second kappa shape index (κ2) is 4.58. The van der Waals surface area contributed by atoms with Crippen molar-refractivity contribution in [2.45, 2.75) is 46.0 Å². The molecule has 0 amide bonds. The summed E-state index contributed by atoms with van der Waals surface area (Å²) in [6.45, 7) is 7.63. The van der Waals surface area contributed by atoms with Crippen molar-refractivity contribution in [3.8, 4) is 0 Å². The van der Waals surface area contributed by atoms with E-state index in [1.54, 1.807) is 11.1 Å². The topological polar surface area (TPSA) is 26.0 Å². The van der Waals surface area contributed by atoms with Gasteiger partial charge in [-0.1, -0.05) is 24.6 Å². The Labute approximate surface area is 99.0 Å². The monoisotopic (exact) mass is 217 g/mol. The van der Waals surface area contributed by atoms with E-state index in [-0.39, 0.29) is 0 Å². The SMILES string of the molecule is Cc1cc(C)c2c(c1)C(CCN)CC(C)C2. The quantitative estimate of drug-likeness (QED) is 0.808. The summed E-state index contributed by atoms with van der Waals surface area (Å²) in [6.07, 6.45) is 3.70. The largest absolute Gasteiger partial charge is 0.330 e. The molecule has 0 bridgehead atoms. The predicted octanol–water partition coefficient (Wildman–Crippen LogP) is 3.32. The summed E-state index contributed by atoms with van der Waals surface area (Å²) in [5.41, 5.74) is 11.8. The van der Waals surface area contributed by atoms with Crippen LogP contribution in [0.3, 0.4) is 0 Å². The zero-order chi connectivity index (χ0) is 11.7. The minimum absolute atomic E-state index is 0.697. The second-order valence-electron chi connectivity index (χ2n) is 5.47. The van der Waals surface area contributed by atoms with Crippen molar-refractivity contribution in [3.05, 3.63) is 34.4 Å². The first-order valence-corrected chi connectivity index (χ1v) is 6.42. The van der Waals surface area contributed by atoms with Crippen LogP contribution in [0.1, 0.15) is 47.9 Å². The van der Waals surface area contributed by atoms with Gasteiger partial charge in [0.2, 0.25) is 0 Å². The van der Waals surface area contributed by atoms with E-state index >= 15 is 0 Å². The highest BCUT2D eigenvalue weighted by Crippen LogP contribution is 2.38. The smallest absolute Gasteiger partial charge is 0.00714 e. The molecule has 1 aliphatic rings. The molecule has 1 aliphatic carbocycles. The Morgan fingerprint density at radius 2 is 2.06 bits per heavy atom. The van der Waals surface area contributed by atoms with E-state index in [0.717, 1.165) is 18.9 Å². The highest BCUT2D eigenvalue weighted by atomic mass is 14.5. The number of aryl methyl sites for hydroxylation is 2. The lowest BCUT2D eigenvalue weighted by atomic mass is 9.74. The molecule has 0 saturated heterocycles. The van der Waals surface area contributed by atoms with Gasteiger partial charge in [0.05, 0.1) is 0 Å². The summed E-state index contributed by atoms with van der Waals surface area (Å²) < 4.78 is 0. The van der Waals surface area contributed by atoms with Gasteiger partial charge >= 0.3 is 0 Å². The van der Waals surface area contributed by atoms with Crippen LogP contribution < -0.4 is 5.73 Å². The van der Waals surface area contributed by atoms with Gasteiger partial charge in [-0.2, -0.15) is 0 Å². The molecule has 0 fully saturated rings. The molecule has 2 unspecified atom stereocenters. The fourth-order valence-corrected chi connectivity index (χ4v) is 3.19. The third kappa shape index (κ3) is 2.15. The van der Waals surface area contributed by atoms with E-state index in [4.69, 9.17) is 5.73 Å². The zero-order valence-electron chi connectivity index (χ0n) is 10.7. The Balaban J connectivity index is 2.43. The van der Waals surface area contributed by atoms with Gasteiger partial charge in [-0.15, -0.1) is 0 Å². The van der Waals surface area contributed by atoms with Crippen molar-refractivity contribution in [1.82, 2.24) is 0 Å². The molecular weight excluding hydrogens is 194 g/mol. The number of fused-ring (bicyclic) bond motifs is 1. The lowest BCUT2D eigenvalue weighted by molar-refractivity contribution is 0.417. The first-order valence-electron chi connectivity index (χ1n) is 6.42. The van der Waals surface area contributed by atoms with E-state index in [9.17, 15) is 0 Å². The molecule has 0 aromatic heterocycles. The minimum Gasteiger partial charge on any atom is -0.330 e. The number of benzene rings is 1. The van der Waals surface area contributed by atoms with Crippen LogP contribution >= 0.6 is 0 Å². The van der Waals surface area contributed by atoms with Crippen molar-refractivity contribution in [2.24, 2.45) is 11.7 Å². The summed E-state index contributed by atoms with van der Waals surface area (Å²) in [4.78, 5) is 0. The molecular formula is C15H23N. The maximum Gasteiger partial charge on any atom is -0.00714 e. The highest BCUT2D eigenvalue weighted by molar-refractivity contribution is 5.42. The fourth-order valence-electron chi connectivity index (χ4n) is 3.19. The summed E-state index contributed by atoms with van der Waals surface area (Å²) >= 11 is 0. The molecule has 1 nitrogen and oxygen atoms in total. The van der Waals surface area contributed by atoms with Gasteiger partial charge in [-0.25, -0.2) is 0 Å². The Morgan fingerprint density at radius 3 is 2.75 bits per heavy atom. The van der Waals surface area contributed by atoms with E-state index < -0.39 is 0 Å². The molecule has 0 spiro atoms. The summed E-state index contributed by atoms with van der Waals surface area (Å²) in [5, 5.41) is 0. The summed E-state index contributed by atoms with van der Waals surface area (Å²) in [5.74, 6) is 1.51. The van der Waals surface area contributed by atoms with Gasteiger partial charge in [0.15, 0.2) is 0 Å². The highest BCUT2D eigenvalue weighted by Gasteiger charge is 2.25. The first-order chi connectivity index (χ1) is 7.61. The molecule has 2 N–H and O–H groups in total. The van der Waals surface area contributed by atoms with Gasteiger partial charge in [-0.3, -0.25) is 0 Å². The maximum atomic E-state index is 5.74. The van der Waals surface area contributed by atoms with E-state index in [2.05, 4.69) is 32.9 Å². The molecule has 16 heavy (non-hydrogen) atoms. The van der Waals surface area contributed by atoms with E-state index in [0.29, 0.717) is 5.92 Å². The number of rotatable bonds is 2. The molecule has 0 aliphatic heterocycles. The molecule has 88 valence electrons. The molecule has 0 radical (unpaired) electrons. The van der Waals surface area contributed by atoms with Crippen molar-refractivity contribution in [1.29, 1.82) is 0 Å². The van der Waals surface area contributed by atoms with Gasteiger partial charge in [0.1, 0.15) is 0 Å². The van der Waals surface area contributed by atoms with Crippen LogP contribution in [0.5, 0.6) is 0 Å². The molecule has 1 aromatic rings. The summed E-state index contributed by atoms with van der Waals surface area (Å²) in [6, 6.07) is 4.70. The van der Waals surface area contributed by atoms with E-state index in [1.165, 1.54) is 24.0 Å². The molecule has 0 heterocycles. The lowest BCUT2D eigenvalue weighted by Gasteiger charge is -2.31. The van der Waals surface area contributed by atoms with Crippen LogP contribution in [-0.2, 0) is 6.42 Å². The van der Waals surface area contributed by atoms with E-state index in [1.807, 2.05) is 0 Å². The molecule has 1 aromatic carbocycles. The Morgan fingerprint density at radius 1 is 1.31 bits per heavy atom. The third-order valence-corrected chi connectivity index (χ3v) is 3.85. The van der Waals surface area contributed by atoms with Crippen LogP contribution in [0, 0.1) is 19.8 Å². The minimum atomic E-state index is 0.697. The average Bonchev–Trinajstić information content (AvgIpc) is 2.20. The third-order valence-electron chi connectivity index (χ3n) is 3.85. The maximum absolute atomic E-state index is 5.74. The van der Waals surface area contributed by atoms with Gasteiger partial charge in [0.25, 0.3) is 0 Å². The molecule has 2 rings (SSSR count). The number of nitrogens with two attached hydrogens (primary N) is 1. The number of hydrogen-bond donors (Lipinski definition) is 1. The molecule has 1 heteroatoms. The average molecular weight is 217 g/mol. The first kappa shape index (κ1) is 11.7. The van der Waals surface area contributed by atoms with Crippen LogP contribution in [0.15, 0.2) is 12.1 Å². The lowest BCUT2D eigenvalue weighted by Crippen LogP contribution is -2.20. The van der Waals surface area contributed by atoms with Crippen molar-refractivity contribution >= 4 is 0 Å². The standard InChI is InChI=1S/C15H23N/c1-10-6-12(3)14-8-11(2)7-13(4-5-16)15(14)9-10/h6,9,11,13H,4-5,7-8,16H2,1-3H3. The van der Waals surface area contributed by atoms with Gasteiger partial charge in [-0.05, 0) is 68.2 Å². The van der Waals surface area contributed by atoms with Crippen molar-refractivity contribution in [3.63, 3.8) is 0 Å². The zero-order valence-corrected chi connectivity index (χ0v) is 10.7. The van der Waals surface area contributed by atoms with Crippen LogP contribution in [-0.4, -0.2) is 6.54 Å². The molecule has 2 atom stereocenters. The fraction of sp³-hybridized carbons (Fsp3) is 0.600. The number of hydrogen-bond acceptors (Lipinski definition) is 1. The Kier molecular flexibility index (Phi) is 3.34. The van der Waals surface area contributed by atoms with Crippen LogP contribution in [0.2, 0.25) is 0 Å². The van der Waals surface area contributed by atoms with Gasteiger partial charge in [0, 0.05) is 0 Å². The van der Waals surface area contributed by atoms with Crippen LogP contribution in [0.4, 0.5) is 0 Å². The summed E-state index contributed by atoms with van der Waals surface area (Å²) in [7, 11) is 0. The van der Waals surface area contributed by atoms with Crippen molar-refractivity contribution in [2.75, 3.05) is 6.54 Å². The van der Waals surface area contributed by atoms with Crippen LogP contribution in [0.25, 0.3) is 0 Å². The predicted molar refractivity (Wildman–Crippen MR) is 69.8 cm³/mol. The second-order valence-corrected chi connectivity index (χ2v) is 5.47. The normalized spacial score (nSPS) is 24.2. The Bertz CT molecular complexity index is 381. The Hall–Kier alpha value is -0.820. The van der Waals surface area contributed by atoms with Gasteiger partial charge < -0.3 is 5.73 Å². The van der Waals surface area contributed by atoms with Crippen molar-refractivity contribution < 1.29 is 0 Å².